The smallest absolute Gasteiger partial charge is 0.230 e. The maximum absolute atomic E-state index is 12.5. The number of anilines is 1. The first kappa shape index (κ1) is 21.0. The summed E-state index contributed by atoms with van der Waals surface area (Å²) in [6.07, 6.45) is 2.05. The molecule has 3 aromatic rings. The van der Waals surface area contributed by atoms with E-state index in [0.717, 1.165) is 32.6 Å². The predicted molar refractivity (Wildman–Crippen MR) is 120 cm³/mol. The van der Waals surface area contributed by atoms with Gasteiger partial charge < -0.3 is 14.8 Å². The van der Waals surface area contributed by atoms with Crippen LogP contribution in [0, 0.1) is 0 Å². The molecule has 0 aliphatic heterocycles. The number of carbonyl (C=O) groups is 1. The fourth-order valence-corrected chi connectivity index (χ4v) is 4.26. The zero-order valence-electron chi connectivity index (χ0n) is 16.3. The van der Waals surface area contributed by atoms with Gasteiger partial charge in [-0.3, -0.25) is 4.79 Å². The minimum Gasteiger partial charge on any atom is -0.493 e. The quantitative estimate of drug-likeness (QED) is 0.372. The topological polar surface area (TPSA) is 60.5 Å². The normalized spacial score (nSPS) is 10.4. The van der Waals surface area contributed by atoms with E-state index < -0.39 is 0 Å². The highest BCUT2D eigenvalue weighted by atomic mass is 32.2. The maximum Gasteiger partial charge on any atom is 0.230 e. The first-order valence-electron chi connectivity index (χ1n) is 8.94. The summed E-state index contributed by atoms with van der Waals surface area (Å²) in [7, 11) is 3.20. The number of amides is 1. The van der Waals surface area contributed by atoms with Crippen LogP contribution in [-0.2, 0) is 11.2 Å². The molecule has 0 aliphatic rings. The van der Waals surface area contributed by atoms with Crippen molar-refractivity contribution in [3.63, 3.8) is 0 Å². The number of nitrogens with zero attached hydrogens (tertiary/aromatic N) is 1. The number of thioether (sulfide) groups is 1. The molecule has 7 heteroatoms. The molecule has 0 spiro atoms. The number of hydrogen-bond donors (Lipinski definition) is 1. The summed E-state index contributed by atoms with van der Waals surface area (Å²) in [5.41, 5.74) is 2.46. The molecule has 1 N–H and O–H groups in total. The summed E-state index contributed by atoms with van der Waals surface area (Å²) >= 11 is 3.13. The molecular weight excluding hydrogens is 404 g/mol. The van der Waals surface area contributed by atoms with Gasteiger partial charge in [0.15, 0.2) is 11.5 Å². The minimum absolute atomic E-state index is 0.0965. The summed E-state index contributed by atoms with van der Waals surface area (Å²) in [6, 6.07) is 13.4. The van der Waals surface area contributed by atoms with E-state index in [1.54, 1.807) is 26.0 Å². The van der Waals surface area contributed by atoms with Gasteiger partial charge in [0.1, 0.15) is 5.01 Å². The zero-order valence-corrected chi connectivity index (χ0v) is 17.9. The van der Waals surface area contributed by atoms with Gasteiger partial charge in [-0.05, 0) is 30.3 Å². The SMILES string of the molecule is C=CCSc1ccccc1NC(=O)Cc1csc(-c2ccc(OC)c(OC)c2)n1. The van der Waals surface area contributed by atoms with E-state index in [4.69, 9.17) is 9.47 Å². The van der Waals surface area contributed by atoms with Crippen molar-refractivity contribution >= 4 is 34.7 Å². The third kappa shape index (κ3) is 5.40. The first-order valence-corrected chi connectivity index (χ1v) is 10.8. The largest absolute Gasteiger partial charge is 0.493 e. The van der Waals surface area contributed by atoms with E-state index in [2.05, 4.69) is 16.9 Å². The molecular formula is C22H22N2O3S2. The van der Waals surface area contributed by atoms with Gasteiger partial charge in [0.25, 0.3) is 0 Å². The summed E-state index contributed by atoms with van der Waals surface area (Å²) < 4.78 is 10.6. The van der Waals surface area contributed by atoms with Crippen LogP contribution in [0.3, 0.4) is 0 Å². The number of rotatable bonds is 9. The molecule has 3 rings (SSSR count). The number of ether oxygens (including phenoxy) is 2. The third-order valence-electron chi connectivity index (χ3n) is 4.04. The highest BCUT2D eigenvalue weighted by Crippen LogP contribution is 2.33. The van der Waals surface area contributed by atoms with Crippen LogP contribution < -0.4 is 14.8 Å². The third-order valence-corrected chi connectivity index (χ3v) is 6.05. The van der Waals surface area contributed by atoms with Crippen molar-refractivity contribution in [1.29, 1.82) is 0 Å². The van der Waals surface area contributed by atoms with Crippen molar-refractivity contribution in [3.05, 3.63) is 66.2 Å². The molecule has 0 saturated carbocycles. The van der Waals surface area contributed by atoms with Crippen LogP contribution in [0.5, 0.6) is 11.5 Å². The van der Waals surface area contributed by atoms with E-state index in [1.807, 2.05) is 53.9 Å². The average Bonchev–Trinajstić information content (AvgIpc) is 3.20. The Balaban J connectivity index is 1.69. The van der Waals surface area contributed by atoms with Crippen molar-refractivity contribution < 1.29 is 14.3 Å². The molecule has 29 heavy (non-hydrogen) atoms. The molecule has 0 aliphatic carbocycles. The first-order chi connectivity index (χ1) is 14.1. The van der Waals surface area contributed by atoms with Crippen LogP contribution in [0.1, 0.15) is 5.69 Å². The van der Waals surface area contributed by atoms with Gasteiger partial charge in [0.2, 0.25) is 5.91 Å². The van der Waals surface area contributed by atoms with Crippen molar-refractivity contribution in [2.45, 2.75) is 11.3 Å². The van der Waals surface area contributed by atoms with Gasteiger partial charge in [-0.1, -0.05) is 18.2 Å². The Morgan fingerprint density at radius 3 is 2.76 bits per heavy atom. The van der Waals surface area contributed by atoms with Crippen LogP contribution in [-0.4, -0.2) is 30.9 Å². The number of benzene rings is 2. The second kappa shape index (κ2) is 10.1. The summed E-state index contributed by atoms with van der Waals surface area (Å²) in [6.45, 7) is 3.74. The number of aromatic nitrogens is 1. The molecule has 1 aromatic heterocycles. The molecule has 2 aromatic carbocycles. The molecule has 0 atom stereocenters. The van der Waals surface area contributed by atoms with E-state index in [-0.39, 0.29) is 12.3 Å². The van der Waals surface area contributed by atoms with Gasteiger partial charge >= 0.3 is 0 Å². The van der Waals surface area contributed by atoms with Crippen molar-refractivity contribution in [2.24, 2.45) is 0 Å². The van der Waals surface area contributed by atoms with E-state index in [0.29, 0.717) is 11.5 Å². The van der Waals surface area contributed by atoms with Crippen LogP contribution in [0.25, 0.3) is 10.6 Å². The second-order valence-electron chi connectivity index (χ2n) is 6.03. The predicted octanol–water partition coefficient (Wildman–Crippen LogP) is 5.29. The Bertz CT molecular complexity index is 1000. The Labute approximate surface area is 178 Å². The van der Waals surface area contributed by atoms with Crippen molar-refractivity contribution in [2.75, 3.05) is 25.3 Å². The Kier molecular flexibility index (Phi) is 7.32. The Morgan fingerprint density at radius 2 is 2.00 bits per heavy atom. The van der Waals surface area contributed by atoms with E-state index >= 15 is 0 Å². The maximum atomic E-state index is 12.5. The molecule has 150 valence electrons. The molecule has 5 nitrogen and oxygen atoms in total. The number of thiazole rings is 1. The Hall–Kier alpha value is -2.77. The molecule has 0 bridgehead atoms. The standard InChI is InChI=1S/C22H22N2O3S2/c1-4-11-28-20-8-6-5-7-17(20)24-21(25)13-16-14-29-22(23-16)15-9-10-18(26-2)19(12-15)27-3/h4-10,12,14H,1,11,13H2,2-3H3,(H,24,25). The second-order valence-corrected chi connectivity index (χ2v) is 7.95. The Morgan fingerprint density at radius 1 is 1.21 bits per heavy atom. The fraction of sp³-hybridized carbons (Fsp3) is 0.182. The van der Waals surface area contributed by atoms with Crippen LogP contribution in [0.2, 0.25) is 0 Å². The lowest BCUT2D eigenvalue weighted by Crippen LogP contribution is -2.15. The summed E-state index contributed by atoms with van der Waals surface area (Å²) in [5.74, 6) is 2.00. The highest BCUT2D eigenvalue weighted by molar-refractivity contribution is 7.99. The van der Waals surface area contributed by atoms with Gasteiger partial charge in [-0.2, -0.15) is 0 Å². The highest BCUT2D eigenvalue weighted by Gasteiger charge is 2.13. The van der Waals surface area contributed by atoms with Crippen molar-refractivity contribution in [3.8, 4) is 22.1 Å². The summed E-state index contributed by atoms with van der Waals surface area (Å²) in [4.78, 5) is 18.2. The minimum atomic E-state index is -0.0965. The number of carbonyl (C=O) groups excluding carboxylic acids is 1. The molecule has 0 unspecified atom stereocenters. The monoisotopic (exact) mass is 426 g/mol. The molecule has 1 heterocycles. The van der Waals surface area contributed by atoms with Gasteiger partial charge in [-0.15, -0.1) is 29.7 Å². The van der Waals surface area contributed by atoms with Crippen LogP contribution in [0.15, 0.2) is 65.4 Å². The lowest BCUT2D eigenvalue weighted by atomic mass is 10.2. The molecule has 0 radical (unpaired) electrons. The van der Waals surface area contributed by atoms with Gasteiger partial charge in [-0.25, -0.2) is 4.98 Å². The molecule has 0 saturated heterocycles. The number of hydrogen-bond acceptors (Lipinski definition) is 6. The number of methoxy groups -OCH3 is 2. The van der Waals surface area contributed by atoms with E-state index in [1.165, 1.54) is 11.3 Å². The van der Waals surface area contributed by atoms with Crippen molar-refractivity contribution in [1.82, 2.24) is 4.98 Å². The lowest BCUT2D eigenvalue weighted by molar-refractivity contribution is -0.115. The number of para-hydroxylation sites is 1. The lowest BCUT2D eigenvalue weighted by Gasteiger charge is -2.09. The van der Waals surface area contributed by atoms with Crippen LogP contribution in [0.4, 0.5) is 5.69 Å². The van der Waals surface area contributed by atoms with E-state index in [9.17, 15) is 4.79 Å². The molecule has 1 amide bonds. The zero-order chi connectivity index (χ0) is 20.6. The fourth-order valence-electron chi connectivity index (χ4n) is 2.69. The van der Waals surface area contributed by atoms with Crippen LogP contribution >= 0.6 is 23.1 Å². The summed E-state index contributed by atoms with van der Waals surface area (Å²) in [5, 5.41) is 5.72. The van der Waals surface area contributed by atoms with Gasteiger partial charge in [0.05, 0.1) is 32.0 Å². The average molecular weight is 427 g/mol. The number of nitrogens with one attached hydrogen (secondary N) is 1. The molecule has 0 fully saturated rings. The van der Waals surface area contributed by atoms with Gasteiger partial charge in [0, 0.05) is 21.6 Å².